The summed E-state index contributed by atoms with van der Waals surface area (Å²) >= 11 is 13.7. The standard InChI is InChI=1S/C21H17Cl2N3O3S/c1-28-9-8-26-20(27)16-7-6-13(22)10-18(16)25-21(26)30-12-14-11-29-19(24-14)15-4-2-3-5-17(15)23/h2-7,10-11H,8-9,12H2,1H3. The summed E-state index contributed by atoms with van der Waals surface area (Å²) < 4.78 is 12.4. The van der Waals surface area contributed by atoms with Crippen molar-refractivity contribution in [2.75, 3.05) is 13.7 Å². The van der Waals surface area contributed by atoms with Gasteiger partial charge in [-0.05, 0) is 30.3 Å². The second kappa shape index (κ2) is 9.22. The molecule has 6 nitrogen and oxygen atoms in total. The zero-order valence-corrected chi connectivity index (χ0v) is 18.3. The van der Waals surface area contributed by atoms with E-state index in [9.17, 15) is 4.79 Å². The molecule has 2 heterocycles. The first kappa shape index (κ1) is 20.9. The number of rotatable bonds is 7. The summed E-state index contributed by atoms with van der Waals surface area (Å²) in [5.74, 6) is 0.922. The number of oxazole rings is 1. The third kappa shape index (κ3) is 4.39. The molecule has 0 aliphatic carbocycles. The van der Waals surface area contributed by atoms with Gasteiger partial charge in [-0.2, -0.15) is 0 Å². The minimum absolute atomic E-state index is 0.131. The number of benzene rings is 2. The van der Waals surface area contributed by atoms with E-state index in [1.54, 1.807) is 42.2 Å². The zero-order chi connectivity index (χ0) is 21.1. The van der Waals surface area contributed by atoms with E-state index in [-0.39, 0.29) is 5.56 Å². The molecule has 2 aromatic heterocycles. The fraction of sp³-hybridized carbons (Fsp3) is 0.190. The Bertz CT molecular complexity index is 1260. The number of ether oxygens (including phenoxy) is 1. The molecule has 0 saturated heterocycles. The molecule has 0 aliphatic heterocycles. The predicted octanol–water partition coefficient (Wildman–Crippen LogP) is 5.30. The Morgan fingerprint density at radius 1 is 1.17 bits per heavy atom. The Balaban J connectivity index is 1.63. The molecule has 30 heavy (non-hydrogen) atoms. The van der Waals surface area contributed by atoms with Crippen molar-refractivity contribution in [1.82, 2.24) is 14.5 Å². The average molecular weight is 462 g/mol. The third-order valence-electron chi connectivity index (χ3n) is 4.41. The predicted molar refractivity (Wildman–Crippen MR) is 119 cm³/mol. The maximum atomic E-state index is 13.0. The first-order chi connectivity index (χ1) is 14.6. The monoisotopic (exact) mass is 461 g/mol. The number of hydrogen-bond acceptors (Lipinski definition) is 6. The number of aromatic nitrogens is 3. The van der Waals surface area contributed by atoms with Gasteiger partial charge < -0.3 is 9.15 Å². The smallest absolute Gasteiger partial charge is 0.262 e. The van der Waals surface area contributed by atoms with Gasteiger partial charge in [0.05, 0.1) is 40.3 Å². The van der Waals surface area contributed by atoms with Gasteiger partial charge >= 0.3 is 0 Å². The van der Waals surface area contributed by atoms with E-state index in [2.05, 4.69) is 9.97 Å². The molecule has 2 aromatic carbocycles. The molecule has 0 saturated carbocycles. The summed E-state index contributed by atoms with van der Waals surface area (Å²) in [5, 5.41) is 2.18. The summed E-state index contributed by atoms with van der Waals surface area (Å²) in [5.41, 5.74) is 1.87. The van der Waals surface area contributed by atoms with Crippen molar-refractivity contribution in [3.63, 3.8) is 0 Å². The quantitative estimate of drug-likeness (QED) is 0.274. The average Bonchev–Trinajstić information content (AvgIpc) is 3.20. The molecule has 154 valence electrons. The van der Waals surface area contributed by atoms with E-state index in [4.69, 9.17) is 32.4 Å². The van der Waals surface area contributed by atoms with Crippen LogP contribution >= 0.6 is 35.0 Å². The number of hydrogen-bond donors (Lipinski definition) is 0. The van der Waals surface area contributed by atoms with Crippen LogP contribution in [0.4, 0.5) is 0 Å². The molecule has 0 aliphatic rings. The molecular formula is C21H17Cl2N3O3S. The minimum atomic E-state index is -0.131. The van der Waals surface area contributed by atoms with Crippen molar-refractivity contribution >= 4 is 45.9 Å². The molecule has 9 heteroatoms. The van der Waals surface area contributed by atoms with Gasteiger partial charge in [-0.15, -0.1) is 0 Å². The van der Waals surface area contributed by atoms with Crippen molar-refractivity contribution in [2.24, 2.45) is 0 Å². The Labute approximate surface area is 186 Å². The van der Waals surface area contributed by atoms with Crippen LogP contribution in [0.3, 0.4) is 0 Å². The maximum Gasteiger partial charge on any atom is 0.262 e. The van der Waals surface area contributed by atoms with Crippen LogP contribution in [0.5, 0.6) is 0 Å². The second-order valence-electron chi connectivity index (χ2n) is 6.42. The first-order valence-electron chi connectivity index (χ1n) is 9.08. The zero-order valence-electron chi connectivity index (χ0n) is 16.0. The SMILES string of the molecule is COCCn1c(SCc2coc(-c3ccccc3Cl)n2)nc2cc(Cl)ccc2c1=O. The summed E-state index contributed by atoms with van der Waals surface area (Å²) in [4.78, 5) is 22.1. The van der Waals surface area contributed by atoms with Crippen LogP contribution in [-0.2, 0) is 17.0 Å². The summed E-state index contributed by atoms with van der Waals surface area (Å²) in [6, 6.07) is 12.4. The molecule has 0 radical (unpaired) electrons. The molecule has 0 bridgehead atoms. The van der Waals surface area contributed by atoms with Gasteiger partial charge in [0.2, 0.25) is 5.89 Å². The lowest BCUT2D eigenvalue weighted by molar-refractivity contribution is 0.183. The van der Waals surface area contributed by atoms with Crippen LogP contribution in [0.25, 0.3) is 22.4 Å². The largest absolute Gasteiger partial charge is 0.444 e. The van der Waals surface area contributed by atoms with Crippen molar-refractivity contribution in [2.45, 2.75) is 17.5 Å². The summed E-state index contributed by atoms with van der Waals surface area (Å²) in [6.45, 7) is 0.793. The highest BCUT2D eigenvalue weighted by Crippen LogP contribution is 2.29. The lowest BCUT2D eigenvalue weighted by Gasteiger charge is -2.12. The van der Waals surface area contributed by atoms with E-state index < -0.39 is 0 Å². The number of fused-ring (bicyclic) bond motifs is 1. The van der Waals surface area contributed by atoms with Crippen molar-refractivity contribution in [3.8, 4) is 11.5 Å². The van der Waals surface area contributed by atoms with Crippen LogP contribution in [0.1, 0.15) is 5.69 Å². The number of nitrogens with zero attached hydrogens (tertiary/aromatic N) is 3. The van der Waals surface area contributed by atoms with E-state index in [1.807, 2.05) is 18.2 Å². The molecule has 4 rings (SSSR count). The molecule has 0 unspecified atom stereocenters. The van der Waals surface area contributed by atoms with Gasteiger partial charge in [0, 0.05) is 17.9 Å². The Morgan fingerprint density at radius 3 is 2.80 bits per heavy atom. The molecule has 0 atom stereocenters. The highest BCUT2D eigenvalue weighted by atomic mass is 35.5. The van der Waals surface area contributed by atoms with Gasteiger partial charge in [0.1, 0.15) is 6.26 Å². The van der Waals surface area contributed by atoms with E-state index in [1.165, 1.54) is 11.8 Å². The second-order valence-corrected chi connectivity index (χ2v) is 8.20. The molecule has 0 fully saturated rings. The first-order valence-corrected chi connectivity index (χ1v) is 10.8. The van der Waals surface area contributed by atoms with Gasteiger partial charge in [0.15, 0.2) is 5.16 Å². The van der Waals surface area contributed by atoms with Gasteiger partial charge in [0.25, 0.3) is 5.56 Å². The van der Waals surface area contributed by atoms with E-state index in [0.29, 0.717) is 56.6 Å². The Hall–Kier alpha value is -2.32. The van der Waals surface area contributed by atoms with Crippen molar-refractivity contribution < 1.29 is 9.15 Å². The van der Waals surface area contributed by atoms with Crippen LogP contribution in [0.2, 0.25) is 10.0 Å². The Morgan fingerprint density at radius 2 is 2.00 bits per heavy atom. The number of thioether (sulfide) groups is 1. The van der Waals surface area contributed by atoms with E-state index >= 15 is 0 Å². The fourth-order valence-electron chi connectivity index (χ4n) is 2.93. The highest BCUT2D eigenvalue weighted by molar-refractivity contribution is 7.98. The van der Waals surface area contributed by atoms with Crippen LogP contribution in [0, 0.1) is 0 Å². The topological polar surface area (TPSA) is 70.2 Å². The lowest BCUT2D eigenvalue weighted by atomic mass is 10.2. The highest BCUT2D eigenvalue weighted by Gasteiger charge is 2.14. The maximum absolute atomic E-state index is 13.0. The Kier molecular flexibility index (Phi) is 6.43. The van der Waals surface area contributed by atoms with Crippen LogP contribution < -0.4 is 5.56 Å². The molecular weight excluding hydrogens is 445 g/mol. The number of methoxy groups -OCH3 is 1. The van der Waals surface area contributed by atoms with Gasteiger partial charge in [-0.25, -0.2) is 9.97 Å². The number of halogens is 2. The lowest BCUT2D eigenvalue weighted by Crippen LogP contribution is -2.25. The normalized spacial score (nSPS) is 11.3. The van der Waals surface area contributed by atoms with Crippen LogP contribution in [-0.4, -0.2) is 28.3 Å². The van der Waals surface area contributed by atoms with Gasteiger partial charge in [-0.1, -0.05) is 47.1 Å². The third-order valence-corrected chi connectivity index (χ3v) is 5.98. The summed E-state index contributed by atoms with van der Waals surface area (Å²) in [7, 11) is 1.59. The van der Waals surface area contributed by atoms with Crippen molar-refractivity contribution in [3.05, 3.63) is 74.8 Å². The van der Waals surface area contributed by atoms with Gasteiger partial charge in [-0.3, -0.25) is 9.36 Å². The minimum Gasteiger partial charge on any atom is -0.444 e. The molecule has 0 N–H and O–H groups in total. The molecule has 0 spiro atoms. The van der Waals surface area contributed by atoms with E-state index in [0.717, 1.165) is 5.56 Å². The molecule has 0 amide bonds. The summed E-state index contributed by atoms with van der Waals surface area (Å²) in [6.07, 6.45) is 1.58. The molecule has 4 aromatic rings. The fourth-order valence-corrected chi connectivity index (χ4v) is 4.22. The van der Waals surface area contributed by atoms with Crippen LogP contribution in [0.15, 0.2) is 63.1 Å². The van der Waals surface area contributed by atoms with Crippen molar-refractivity contribution in [1.29, 1.82) is 0 Å².